The molecule has 5 heteroatoms. The third-order valence-corrected chi connectivity index (χ3v) is 21.4. The van der Waals surface area contributed by atoms with E-state index in [1.165, 1.54) is 143 Å². The Morgan fingerprint density at radius 3 is 0.871 bits per heavy atom. The largest absolute Gasteiger partial charge is 0.313 e. The molecule has 1 nitrogen and oxygen atoms in total. The van der Waals surface area contributed by atoms with Gasteiger partial charge in [-0.2, -0.15) is 0 Å². The van der Waals surface area contributed by atoms with Crippen LogP contribution in [0.4, 0.5) is 17.1 Å². The summed E-state index contributed by atoms with van der Waals surface area (Å²) in [6, 6.07) is 65.2. The lowest BCUT2D eigenvalue weighted by atomic mass is 9.29. The molecule has 0 N–H and O–H groups in total. The molecule has 0 saturated carbocycles. The first-order valence-corrected chi connectivity index (χ1v) is 27.7. The fourth-order valence-corrected chi connectivity index (χ4v) is 16.9. The Labute approximate surface area is 420 Å². The van der Waals surface area contributed by atoms with E-state index in [4.69, 9.17) is 0 Å². The van der Waals surface area contributed by atoms with E-state index in [1.54, 1.807) is 0 Å². The van der Waals surface area contributed by atoms with Crippen molar-refractivity contribution in [1.29, 1.82) is 0 Å². The minimum Gasteiger partial charge on any atom is -0.313 e. The van der Waals surface area contributed by atoms with E-state index in [9.17, 15) is 0 Å². The van der Waals surface area contributed by atoms with Crippen LogP contribution in [0.1, 0.15) is 61.2 Å². The van der Waals surface area contributed by atoms with Crippen LogP contribution in [0, 0.1) is 76.2 Å². The second-order valence-electron chi connectivity index (χ2n) is 20.1. The molecule has 2 aliphatic heterocycles. The van der Waals surface area contributed by atoms with E-state index < -0.39 is 15.8 Å². The van der Waals surface area contributed by atoms with Gasteiger partial charge in [0.15, 0.2) is 0 Å². The zero-order valence-electron chi connectivity index (χ0n) is 42.7. The molecule has 0 amide bonds. The molecule has 70 heavy (non-hydrogen) atoms. The predicted molar refractivity (Wildman–Crippen MR) is 313 cm³/mol. The zero-order chi connectivity index (χ0) is 48.7. The van der Waals surface area contributed by atoms with Crippen LogP contribution in [0.3, 0.4) is 0 Å². The Balaban J connectivity index is 1.26. The van der Waals surface area contributed by atoms with Gasteiger partial charge in [0.2, 0.25) is 13.4 Å². The smallest absolute Gasteiger partial charge is 0.247 e. The summed E-state index contributed by atoms with van der Waals surface area (Å²) in [5, 5.41) is 8.22. The standard InChI is InChI=1S/C65H61B2NP2/c1-40-36-59-65-60(37-40)67(64-49(10)45(6)42(3)46(7)50(64)11)58-39-56(70(53-28-20-14-21-29-53)54-30-22-15-23-31-54)33-35-62(58)68(65)61-34-32-55(69(51-24-16-12-17-25-51)52-26-18-13-19-27-52)38-57(61)66(59)63-47(8)43(4)41(2)44(5)48(63)9/h12-39H,1-11H3. The summed E-state index contributed by atoms with van der Waals surface area (Å²) < 4.78 is 0. The maximum atomic E-state index is 2.70. The van der Waals surface area contributed by atoms with Gasteiger partial charge < -0.3 is 4.90 Å². The second kappa shape index (κ2) is 18.2. The highest BCUT2D eigenvalue weighted by atomic mass is 31.1. The Morgan fingerprint density at radius 2 is 0.571 bits per heavy atom. The lowest BCUT2D eigenvalue weighted by Crippen LogP contribution is -2.66. The van der Waals surface area contributed by atoms with Crippen LogP contribution in [-0.2, 0) is 0 Å². The molecule has 0 bridgehead atoms. The van der Waals surface area contributed by atoms with Crippen LogP contribution in [-0.4, -0.2) is 13.4 Å². The molecule has 0 atom stereocenters. The van der Waals surface area contributed by atoms with Crippen molar-refractivity contribution in [3.63, 3.8) is 0 Å². The lowest BCUT2D eigenvalue weighted by molar-refractivity contribution is 1.19. The molecule has 0 aliphatic carbocycles. The van der Waals surface area contributed by atoms with Gasteiger partial charge in [-0.1, -0.05) is 196 Å². The number of nitrogens with zero attached hydrogens (tertiary/aromatic N) is 1. The van der Waals surface area contributed by atoms with Crippen LogP contribution in [0.2, 0.25) is 0 Å². The highest BCUT2D eigenvalue weighted by Gasteiger charge is 2.46. The topological polar surface area (TPSA) is 3.24 Å². The maximum absolute atomic E-state index is 2.70. The molecular formula is C65H61B2NP2. The van der Waals surface area contributed by atoms with Gasteiger partial charge in [0.05, 0.1) is 0 Å². The molecule has 0 spiro atoms. The van der Waals surface area contributed by atoms with Crippen LogP contribution in [0.5, 0.6) is 0 Å². The Kier molecular flexibility index (Phi) is 12.0. The molecule has 0 aromatic heterocycles. The van der Waals surface area contributed by atoms with E-state index >= 15 is 0 Å². The minimum absolute atomic E-state index is 0.0235. The Hall–Kier alpha value is -6.23. The Morgan fingerprint density at radius 1 is 0.286 bits per heavy atom. The summed E-state index contributed by atoms with van der Waals surface area (Å²) in [7, 11) is -1.69. The monoisotopic (exact) mass is 939 g/mol. The van der Waals surface area contributed by atoms with Crippen molar-refractivity contribution in [2.24, 2.45) is 0 Å². The quantitative estimate of drug-likeness (QED) is 0.108. The zero-order valence-corrected chi connectivity index (χ0v) is 44.5. The fourth-order valence-electron chi connectivity index (χ4n) is 12.2. The first kappa shape index (κ1) is 46.2. The molecule has 0 saturated heterocycles. The van der Waals surface area contributed by atoms with Gasteiger partial charge in [-0.05, 0) is 191 Å². The number of benzene rings is 9. The average Bonchev–Trinajstić information content (AvgIpc) is 3.39. The molecule has 11 rings (SSSR count). The number of hydrogen-bond acceptors (Lipinski definition) is 1. The molecule has 9 aromatic rings. The van der Waals surface area contributed by atoms with Gasteiger partial charge in [0.1, 0.15) is 0 Å². The molecule has 2 aliphatic rings. The summed E-state index contributed by atoms with van der Waals surface area (Å²) in [4.78, 5) is 2.70. The summed E-state index contributed by atoms with van der Waals surface area (Å²) in [5.74, 6) is 0. The molecule has 2 heterocycles. The first-order valence-electron chi connectivity index (χ1n) is 25.0. The molecule has 0 unspecified atom stereocenters. The maximum Gasteiger partial charge on any atom is 0.247 e. The third kappa shape index (κ3) is 7.38. The molecule has 0 fully saturated rings. The van der Waals surface area contributed by atoms with Crippen LogP contribution in [0.25, 0.3) is 0 Å². The summed E-state index contributed by atoms with van der Waals surface area (Å²) >= 11 is 0. The van der Waals surface area contributed by atoms with E-state index in [-0.39, 0.29) is 13.4 Å². The number of aryl methyl sites for hydroxylation is 1. The SMILES string of the molecule is Cc1cc2c3c(c1)B(c1c(C)c(C)c(C)c(C)c1C)c1cc(P(c4ccccc4)c4ccccc4)ccc1N3c1ccc(P(c3ccccc3)c3ccccc3)cc1B2c1c(C)c(C)c(C)c(C)c1C. The van der Waals surface area contributed by atoms with Crippen molar-refractivity contribution < 1.29 is 0 Å². The van der Waals surface area contributed by atoms with Crippen molar-refractivity contribution in [3.05, 3.63) is 231 Å². The Bertz CT molecular complexity index is 3150. The van der Waals surface area contributed by atoms with Gasteiger partial charge in [-0.25, -0.2) is 0 Å². The van der Waals surface area contributed by atoms with Gasteiger partial charge in [-0.15, -0.1) is 0 Å². The third-order valence-electron chi connectivity index (χ3n) is 16.6. The number of fused-ring (bicyclic) bond motifs is 4. The second-order valence-corrected chi connectivity index (χ2v) is 24.5. The lowest BCUT2D eigenvalue weighted by Gasteiger charge is -2.45. The fraction of sp³-hybridized carbons (Fsp3) is 0.169. The number of hydrogen-bond donors (Lipinski definition) is 0. The molecule has 9 aromatic carbocycles. The summed E-state index contributed by atoms with van der Waals surface area (Å²) in [6.07, 6.45) is 0. The average molecular weight is 940 g/mol. The van der Waals surface area contributed by atoms with Crippen LogP contribution < -0.4 is 69.5 Å². The number of rotatable bonds is 8. The van der Waals surface area contributed by atoms with E-state index in [0.717, 1.165) is 0 Å². The van der Waals surface area contributed by atoms with Gasteiger partial charge in [0.25, 0.3) is 0 Å². The highest BCUT2D eigenvalue weighted by molar-refractivity contribution is 7.80. The van der Waals surface area contributed by atoms with Gasteiger partial charge in [-0.3, -0.25) is 0 Å². The molecule has 342 valence electrons. The first-order chi connectivity index (χ1) is 33.8. The van der Waals surface area contributed by atoms with Crippen molar-refractivity contribution in [1.82, 2.24) is 0 Å². The van der Waals surface area contributed by atoms with E-state index in [2.05, 4.69) is 251 Å². The van der Waals surface area contributed by atoms with Crippen LogP contribution in [0.15, 0.2) is 170 Å². The van der Waals surface area contributed by atoms with Crippen molar-refractivity contribution in [2.45, 2.75) is 76.2 Å². The van der Waals surface area contributed by atoms with E-state index in [0.29, 0.717) is 0 Å². The van der Waals surface area contributed by atoms with Crippen LogP contribution >= 0.6 is 15.8 Å². The summed E-state index contributed by atoms with van der Waals surface area (Å²) in [5.41, 5.74) is 27.7. The van der Waals surface area contributed by atoms with E-state index in [1.807, 2.05) is 0 Å². The van der Waals surface area contributed by atoms with Crippen molar-refractivity contribution in [2.75, 3.05) is 4.90 Å². The molecular weight excluding hydrogens is 878 g/mol. The minimum atomic E-state index is -0.845. The normalized spacial score (nSPS) is 12.7. The van der Waals surface area contributed by atoms with Gasteiger partial charge >= 0.3 is 0 Å². The van der Waals surface area contributed by atoms with Crippen molar-refractivity contribution >= 4 is 111 Å². The molecule has 0 radical (unpaired) electrons. The number of anilines is 3. The summed E-state index contributed by atoms with van der Waals surface area (Å²) in [6.45, 7) is 26.0. The van der Waals surface area contributed by atoms with Crippen molar-refractivity contribution in [3.8, 4) is 0 Å². The highest BCUT2D eigenvalue weighted by Crippen LogP contribution is 2.42. The van der Waals surface area contributed by atoms with Gasteiger partial charge in [0, 0.05) is 17.1 Å². The predicted octanol–water partition coefficient (Wildman–Crippen LogP) is 9.72.